The molecule has 0 aliphatic carbocycles. The monoisotopic (exact) mass is 345 g/mol. The zero-order valence-corrected chi connectivity index (χ0v) is 15.2. The second kappa shape index (κ2) is 9.15. The highest BCUT2D eigenvalue weighted by Crippen LogP contribution is 2.37. The highest BCUT2D eigenvalue weighted by Gasteiger charge is 2.23. The fourth-order valence-corrected chi connectivity index (χ4v) is 4.40. The average Bonchev–Trinajstić information content (AvgIpc) is 2.70. The Morgan fingerprint density at radius 2 is 1.79 bits per heavy atom. The summed E-state index contributed by atoms with van der Waals surface area (Å²) in [6, 6.07) is 2.90. The predicted molar refractivity (Wildman–Crippen MR) is 91.1 cm³/mol. The van der Waals surface area contributed by atoms with Gasteiger partial charge in [0.05, 0.1) is 3.79 Å². The lowest BCUT2D eigenvalue weighted by atomic mass is 9.89. The van der Waals surface area contributed by atoms with Crippen molar-refractivity contribution in [2.24, 2.45) is 5.92 Å². The lowest BCUT2D eigenvalue weighted by Crippen LogP contribution is -2.28. The molecule has 0 amide bonds. The lowest BCUT2D eigenvalue weighted by molar-refractivity contribution is 0.320. The van der Waals surface area contributed by atoms with Crippen LogP contribution in [0.1, 0.15) is 69.4 Å². The second-order valence-electron chi connectivity index (χ2n) is 5.37. The fraction of sp³-hybridized carbons (Fsp3) is 0.750. The standard InChI is InChI=1S/C16H28BrNS/c1-5-8-13(9-6-2)15(18-10-7-3)14-11-12(4)16(17)19-14/h11,13,15,18H,5-10H2,1-4H3. The van der Waals surface area contributed by atoms with Crippen molar-refractivity contribution in [2.45, 2.75) is 65.8 Å². The molecule has 0 fully saturated rings. The van der Waals surface area contributed by atoms with Crippen LogP contribution in [0.3, 0.4) is 0 Å². The normalized spacial score (nSPS) is 13.2. The van der Waals surface area contributed by atoms with Gasteiger partial charge in [-0.2, -0.15) is 0 Å². The van der Waals surface area contributed by atoms with Gasteiger partial charge in [0, 0.05) is 10.9 Å². The van der Waals surface area contributed by atoms with Gasteiger partial charge in [0.15, 0.2) is 0 Å². The van der Waals surface area contributed by atoms with Crippen molar-refractivity contribution < 1.29 is 0 Å². The third-order valence-electron chi connectivity index (χ3n) is 3.59. The molecule has 1 rings (SSSR count). The Labute approximate surface area is 131 Å². The molecule has 1 aromatic heterocycles. The van der Waals surface area contributed by atoms with E-state index in [0.717, 1.165) is 12.5 Å². The van der Waals surface area contributed by atoms with Crippen LogP contribution in [0.5, 0.6) is 0 Å². The number of hydrogen-bond acceptors (Lipinski definition) is 2. The first-order valence-corrected chi connectivity index (χ1v) is 9.24. The summed E-state index contributed by atoms with van der Waals surface area (Å²) in [5.41, 5.74) is 1.37. The van der Waals surface area contributed by atoms with Gasteiger partial charge in [0.25, 0.3) is 0 Å². The largest absolute Gasteiger partial charge is 0.309 e. The van der Waals surface area contributed by atoms with E-state index in [1.807, 2.05) is 11.3 Å². The molecule has 0 radical (unpaired) electrons. The highest BCUT2D eigenvalue weighted by molar-refractivity contribution is 9.11. The van der Waals surface area contributed by atoms with Crippen molar-refractivity contribution in [3.05, 3.63) is 20.3 Å². The van der Waals surface area contributed by atoms with Crippen LogP contribution in [-0.2, 0) is 0 Å². The van der Waals surface area contributed by atoms with E-state index in [1.54, 1.807) is 0 Å². The van der Waals surface area contributed by atoms with Gasteiger partial charge in [0.1, 0.15) is 0 Å². The molecule has 1 heterocycles. The van der Waals surface area contributed by atoms with Gasteiger partial charge in [-0.1, -0.05) is 33.6 Å². The molecule has 1 N–H and O–H groups in total. The molecule has 0 aliphatic rings. The van der Waals surface area contributed by atoms with Crippen molar-refractivity contribution in [3.63, 3.8) is 0 Å². The van der Waals surface area contributed by atoms with E-state index < -0.39 is 0 Å². The molecule has 0 aliphatic heterocycles. The van der Waals surface area contributed by atoms with E-state index in [1.165, 1.54) is 46.3 Å². The van der Waals surface area contributed by atoms with Crippen LogP contribution < -0.4 is 5.32 Å². The van der Waals surface area contributed by atoms with Crippen LogP contribution in [0.2, 0.25) is 0 Å². The smallest absolute Gasteiger partial charge is 0.0731 e. The third-order valence-corrected chi connectivity index (χ3v) is 5.81. The van der Waals surface area contributed by atoms with E-state index in [0.29, 0.717) is 6.04 Å². The van der Waals surface area contributed by atoms with Gasteiger partial charge in [-0.25, -0.2) is 0 Å². The van der Waals surface area contributed by atoms with Crippen LogP contribution in [0.15, 0.2) is 9.85 Å². The Morgan fingerprint density at radius 3 is 2.21 bits per heavy atom. The second-order valence-corrected chi connectivity index (χ2v) is 7.78. The summed E-state index contributed by atoms with van der Waals surface area (Å²) < 4.78 is 1.29. The van der Waals surface area contributed by atoms with Crippen molar-refractivity contribution in [1.29, 1.82) is 0 Å². The molecular formula is C16H28BrNS. The number of hydrogen-bond donors (Lipinski definition) is 1. The average molecular weight is 346 g/mol. The number of thiophene rings is 1. The lowest BCUT2D eigenvalue weighted by Gasteiger charge is -2.27. The summed E-state index contributed by atoms with van der Waals surface area (Å²) >= 11 is 5.58. The minimum atomic E-state index is 0.537. The Bertz CT molecular complexity index is 336. The molecule has 110 valence electrons. The van der Waals surface area contributed by atoms with Gasteiger partial charge in [0.2, 0.25) is 0 Å². The zero-order valence-electron chi connectivity index (χ0n) is 12.8. The van der Waals surface area contributed by atoms with Crippen LogP contribution in [0.4, 0.5) is 0 Å². The quantitative estimate of drug-likeness (QED) is 0.572. The van der Waals surface area contributed by atoms with E-state index in [2.05, 4.69) is 55.0 Å². The molecule has 1 atom stereocenters. The van der Waals surface area contributed by atoms with Crippen molar-refractivity contribution >= 4 is 27.3 Å². The molecule has 0 aromatic carbocycles. The first-order chi connectivity index (χ1) is 9.13. The summed E-state index contributed by atoms with van der Waals surface area (Å²) in [7, 11) is 0. The molecule has 0 saturated heterocycles. The summed E-state index contributed by atoms with van der Waals surface area (Å²) in [4.78, 5) is 1.50. The SMILES string of the molecule is CCCNC(c1cc(C)c(Br)s1)C(CCC)CCC. The summed E-state index contributed by atoms with van der Waals surface area (Å²) in [5, 5.41) is 3.79. The maximum Gasteiger partial charge on any atom is 0.0731 e. The summed E-state index contributed by atoms with van der Waals surface area (Å²) in [6.07, 6.45) is 6.40. The number of rotatable bonds is 9. The van der Waals surface area contributed by atoms with Gasteiger partial charge >= 0.3 is 0 Å². The minimum Gasteiger partial charge on any atom is -0.309 e. The van der Waals surface area contributed by atoms with E-state index >= 15 is 0 Å². The molecule has 19 heavy (non-hydrogen) atoms. The van der Waals surface area contributed by atoms with Crippen LogP contribution in [0.25, 0.3) is 0 Å². The van der Waals surface area contributed by atoms with Crippen molar-refractivity contribution in [1.82, 2.24) is 5.32 Å². The van der Waals surface area contributed by atoms with Crippen molar-refractivity contribution in [2.75, 3.05) is 6.54 Å². The topological polar surface area (TPSA) is 12.0 Å². The minimum absolute atomic E-state index is 0.537. The van der Waals surface area contributed by atoms with Crippen LogP contribution in [-0.4, -0.2) is 6.54 Å². The van der Waals surface area contributed by atoms with Gasteiger partial charge < -0.3 is 5.32 Å². The molecular weight excluding hydrogens is 318 g/mol. The molecule has 1 nitrogen and oxygen atoms in total. The summed E-state index contributed by atoms with van der Waals surface area (Å²) in [5.74, 6) is 0.770. The predicted octanol–water partition coefficient (Wildman–Crippen LogP) is 6.08. The molecule has 3 heteroatoms. The number of halogens is 1. The van der Waals surface area contributed by atoms with E-state index in [4.69, 9.17) is 0 Å². The maximum absolute atomic E-state index is 3.79. The molecule has 0 spiro atoms. The Morgan fingerprint density at radius 1 is 1.16 bits per heavy atom. The molecule has 1 aromatic rings. The third kappa shape index (κ3) is 5.20. The maximum atomic E-state index is 3.79. The molecule has 0 saturated carbocycles. The Kier molecular flexibility index (Phi) is 8.27. The number of nitrogens with one attached hydrogen (secondary N) is 1. The van der Waals surface area contributed by atoms with Crippen molar-refractivity contribution in [3.8, 4) is 0 Å². The van der Waals surface area contributed by atoms with Gasteiger partial charge in [-0.15, -0.1) is 11.3 Å². The first-order valence-electron chi connectivity index (χ1n) is 7.63. The zero-order chi connectivity index (χ0) is 14.3. The molecule has 1 unspecified atom stereocenters. The number of aryl methyl sites for hydroxylation is 1. The fourth-order valence-electron chi connectivity index (χ4n) is 2.66. The highest BCUT2D eigenvalue weighted by atomic mass is 79.9. The first kappa shape index (κ1) is 17.2. The van der Waals surface area contributed by atoms with Gasteiger partial charge in [-0.3, -0.25) is 0 Å². The van der Waals surface area contributed by atoms with Crippen LogP contribution in [0, 0.1) is 12.8 Å². The Hall–Kier alpha value is 0.140. The summed E-state index contributed by atoms with van der Waals surface area (Å²) in [6.45, 7) is 10.2. The van der Waals surface area contributed by atoms with E-state index in [-0.39, 0.29) is 0 Å². The Balaban J connectivity index is 2.90. The molecule has 0 bridgehead atoms. The van der Waals surface area contributed by atoms with Crippen LogP contribution >= 0.6 is 27.3 Å². The van der Waals surface area contributed by atoms with E-state index in [9.17, 15) is 0 Å². The van der Waals surface area contributed by atoms with Gasteiger partial charge in [-0.05, 0) is 66.2 Å².